The van der Waals surface area contributed by atoms with E-state index in [-0.39, 0.29) is 0 Å². The van der Waals surface area contributed by atoms with E-state index < -0.39 is 0 Å². The Labute approximate surface area is 119 Å². The average Bonchev–Trinajstić information content (AvgIpc) is 2.31. The molecule has 0 spiro atoms. The average molecular weight is 311 g/mol. The van der Waals surface area contributed by atoms with Crippen molar-refractivity contribution in [2.24, 2.45) is 11.1 Å². The molecular weight excluding hydrogens is 288 g/mol. The minimum atomic E-state index is 0.502. The van der Waals surface area contributed by atoms with Crippen molar-refractivity contribution < 1.29 is 0 Å². The molecule has 2 N–H and O–H groups in total. The molecule has 2 rings (SSSR count). The molecule has 1 heterocycles. The quantitative estimate of drug-likeness (QED) is 0.924. The summed E-state index contributed by atoms with van der Waals surface area (Å²) in [5, 5.41) is 0. The van der Waals surface area contributed by atoms with Crippen molar-refractivity contribution in [3.8, 4) is 0 Å². The number of hydrogen-bond donors (Lipinski definition) is 1. The minimum Gasteiger partial charge on any atom is -0.371 e. The van der Waals surface area contributed by atoms with Gasteiger partial charge in [-0.15, -0.1) is 0 Å². The molecule has 1 aromatic carbocycles. The highest BCUT2D eigenvalue weighted by molar-refractivity contribution is 9.10. The molecule has 0 atom stereocenters. The molecule has 18 heavy (non-hydrogen) atoms. The summed E-state index contributed by atoms with van der Waals surface area (Å²) in [7, 11) is 0. The fourth-order valence-electron chi connectivity index (χ4n) is 2.48. The van der Waals surface area contributed by atoms with Gasteiger partial charge in [-0.2, -0.15) is 0 Å². The standard InChI is InChI=1S/C15H23BrN2/c1-15(2)6-9-18(10-7-15)14-4-3-12(5-8-17)11-13(14)16/h3-4,11H,5-10,17H2,1-2H3. The first-order valence-electron chi connectivity index (χ1n) is 6.75. The Hall–Kier alpha value is -0.540. The van der Waals surface area contributed by atoms with Crippen molar-refractivity contribution in [1.29, 1.82) is 0 Å². The van der Waals surface area contributed by atoms with Gasteiger partial charge in [-0.3, -0.25) is 0 Å². The van der Waals surface area contributed by atoms with Crippen LogP contribution in [-0.4, -0.2) is 19.6 Å². The van der Waals surface area contributed by atoms with Crippen LogP contribution in [-0.2, 0) is 6.42 Å². The van der Waals surface area contributed by atoms with E-state index in [4.69, 9.17) is 5.73 Å². The number of hydrogen-bond acceptors (Lipinski definition) is 2. The molecule has 2 nitrogen and oxygen atoms in total. The first-order chi connectivity index (χ1) is 8.52. The number of rotatable bonds is 3. The van der Waals surface area contributed by atoms with Gasteiger partial charge in [0.05, 0.1) is 5.69 Å². The molecule has 0 amide bonds. The van der Waals surface area contributed by atoms with Crippen LogP contribution in [0.3, 0.4) is 0 Å². The maximum Gasteiger partial charge on any atom is 0.0510 e. The fraction of sp³-hybridized carbons (Fsp3) is 0.600. The number of piperidine rings is 1. The molecule has 1 aliphatic heterocycles. The second-order valence-corrected chi connectivity index (χ2v) is 6.83. The zero-order valence-corrected chi connectivity index (χ0v) is 13.0. The molecule has 0 bridgehead atoms. The summed E-state index contributed by atoms with van der Waals surface area (Å²) in [6, 6.07) is 6.64. The molecule has 100 valence electrons. The zero-order chi connectivity index (χ0) is 13.2. The van der Waals surface area contributed by atoms with Gasteiger partial charge in [0.25, 0.3) is 0 Å². The Morgan fingerprint density at radius 1 is 1.28 bits per heavy atom. The van der Waals surface area contributed by atoms with E-state index >= 15 is 0 Å². The third kappa shape index (κ3) is 3.27. The summed E-state index contributed by atoms with van der Waals surface area (Å²) in [5.74, 6) is 0. The fourth-order valence-corrected chi connectivity index (χ4v) is 3.16. The highest BCUT2D eigenvalue weighted by atomic mass is 79.9. The molecule has 0 unspecified atom stereocenters. The van der Waals surface area contributed by atoms with Gasteiger partial charge in [0.1, 0.15) is 0 Å². The third-order valence-electron chi connectivity index (χ3n) is 3.90. The lowest BCUT2D eigenvalue weighted by molar-refractivity contribution is 0.279. The monoisotopic (exact) mass is 310 g/mol. The highest BCUT2D eigenvalue weighted by Crippen LogP contribution is 2.35. The summed E-state index contributed by atoms with van der Waals surface area (Å²) in [6.07, 6.45) is 3.49. The number of halogens is 1. The van der Waals surface area contributed by atoms with Crippen molar-refractivity contribution >= 4 is 21.6 Å². The van der Waals surface area contributed by atoms with Gasteiger partial charge in [-0.1, -0.05) is 19.9 Å². The molecular formula is C15H23BrN2. The van der Waals surface area contributed by atoms with E-state index in [0.29, 0.717) is 12.0 Å². The summed E-state index contributed by atoms with van der Waals surface area (Å²) in [6.45, 7) is 7.75. The number of anilines is 1. The van der Waals surface area contributed by atoms with Crippen LogP contribution in [0, 0.1) is 5.41 Å². The van der Waals surface area contributed by atoms with Gasteiger partial charge in [0.15, 0.2) is 0 Å². The topological polar surface area (TPSA) is 29.3 Å². The summed E-state index contributed by atoms with van der Waals surface area (Å²) in [4.78, 5) is 2.49. The van der Waals surface area contributed by atoms with Crippen LogP contribution in [0.25, 0.3) is 0 Å². The van der Waals surface area contributed by atoms with Crippen molar-refractivity contribution in [2.75, 3.05) is 24.5 Å². The second kappa shape index (κ2) is 5.62. The van der Waals surface area contributed by atoms with Crippen LogP contribution in [0.15, 0.2) is 22.7 Å². The van der Waals surface area contributed by atoms with Gasteiger partial charge >= 0.3 is 0 Å². The predicted molar refractivity (Wildman–Crippen MR) is 82.1 cm³/mol. The first-order valence-corrected chi connectivity index (χ1v) is 7.54. The van der Waals surface area contributed by atoms with E-state index in [1.807, 2.05) is 0 Å². The SMILES string of the molecule is CC1(C)CCN(c2ccc(CCN)cc2Br)CC1. The molecule has 1 aliphatic rings. The van der Waals surface area contributed by atoms with E-state index in [1.54, 1.807) is 0 Å². The Bertz CT molecular complexity index is 405. The van der Waals surface area contributed by atoms with Gasteiger partial charge in [0.2, 0.25) is 0 Å². The molecule has 0 aromatic heterocycles. The number of nitrogens with zero attached hydrogens (tertiary/aromatic N) is 1. The minimum absolute atomic E-state index is 0.502. The molecule has 3 heteroatoms. The smallest absolute Gasteiger partial charge is 0.0510 e. The van der Waals surface area contributed by atoms with Crippen molar-refractivity contribution in [1.82, 2.24) is 0 Å². The summed E-state index contributed by atoms with van der Waals surface area (Å²) >= 11 is 3.70. The molecule has 0 saturated carbocycles. The Morgan fingerprint density at radius 3 is 2.50 bits per heavy atom. The van der Waals surface area contributed by atoms with E-state index in [0.717, 1.165) is 19.5 Å². The van der Waals surface area contributed by atoms with Gasteiger partial charge < -0.3 is 10.6 Å². The van der Waals surface area contributed by atoms with Crippen molar-refractivity contribution in [2.45, 2.75) is 33.1 Å². The van der Waals surface area contributed by atoms with Crippen LogP contribution < -0.4 is 10.6 Å². The van der Waals surface area contributed by atoms with Gasteiger partial charge in [-0.25, -0.2) is 0 Å². The largest absolute Gasteiger partial charge is 0.371 e. The van der Waals surface area contributed by atoms with Gasteiger partial charge in [0, 0.05) is 17.6 Å². The normalized spacial score (nSPS) is 19.0. The second-order valence-electron chi connectivity index (χ2n) is 5.98. The Morgan fingerprint density at radius 2 is 1.94 bits per heavy atom. The lowest BCUT2D eigenvalue weighted by Gasteiger charge is -2.38. The Balaban J connectivity index is 2.10. The van der Waals surface area contributed by atoms with Crippen LogP contribution in [0.4, 0.5) is 5.69 Å². The Kier molecular flexibility index (Phi) is 4.33. The molecule has 1 saturated heterocycles. The number of benzene rings is 1. The van der Waals surface area contributed by atoms with Crippen LogP contribution in [0.2, 0.25) is 0 Å². The van der Waals surface area contributed by atoms with Gasteiger partial charge in [-0.05, 0) is 64.8 Å². The molecule has 1 fully saturated rings. The van der Waals surface area contributed by atoms with E-state index in [1.165, 1.54) is 28.6 Å². The summed E-state index contributed by atoms with van der Waals surface area (Å²) < 4.78 is 1.20. The van der Waals surface area contributed by atoms with E-state index in [9.17, 15) is 0 Å². The lowest BCUT2D eigenvalue weighted by Crippen LogP contribution is -2.37. The first kappa shape index (κ1) is 13.9. The predicted octanol–water partition coefficient (Wildman–Crippen LogP) is 3.58. The van der Waals surface area contributed by atoms with Crippen LogP contribution in [0.1, 0.15) is 32.3 Å². The molecule has 1 aromatic rings. The zero-order valence-electron chi connectivity index (χ0n) is 11.4. The van der Waals surface area contributed by atoms with Crippen LogP contribution >= 0.6 is 15.9 Å². The third-order valence-corrected chi connectivity index (χ3v) is 4.54. The summed E-state index contributed by atoms with van der Waals surface area (Å²) in [5.41, 5.74) is 8.73. The number of nitrogens with two attached hydrogens (primary N) is 1. The lowest BCUT2D eigenvalue weighted by atomic mass is 9.82. The molecule has 0 aliphatic carbocycles. The maximum absolute atomic E-state index is 5.60. The highest BCUT2D eigenvalue weighted by Gasteiger charge is 2.26. The van der Waals surface area contributed by atoms with E-state index in [2.05, 4.69) is 52.9 Å². The van der Waals surface area contributed by atoms with Crippen molar-refractivity contribution in [3.63, 3.8) is 0 Å². The van der Waals surface area contributed by atoms with Crippen molar-refractivity contribution in [3.05, 3.63) is 28.2 Å². The molecule has 0 radical (unpaired) electrons. The maximum atomic E-state index is 5.60. The van der Waals surface area contributed by atoms with Crippen LogP contribution in [0.5, 0.6) is 0 Å².